The van der Waals surface area contributed by atoms with Crippen molar-refractivity contribution in [2.75, 3.05) is 6.54 Å². The van der Waals surface area contributed by atoms with Crippen LogP contribution < -0.4 is 11.1 Å². The summed E-state index contributed by atoms with van der Waals surface area (Å²) >= 11 is 1.56. The van der Waals surface area contributed by atoms with Crippen molar-refractivity contribution >= 4 is 17.2 Å². The van der Waals surface area contributed by atoms with Gasteiger partial charge >= 0.3 is 0 Å². The molecule has 0 radical (unpaired) electrons. The highest BCUT2D eigenvalue weighted by Crippen LogP contribution is 2.13. The molecule has 0 saturated heterocycles. The number of aryl methyl sites for hydroxylation is 1. The van der Waals surface area contributed by atoms with Crippen molar-refractivity contribution in [3.8, 4) is 11.8 Å². The van der Waals surface area contributed by atoms with Gasteiger partial charge in [-0.3, -0.25) is 9.48 Å². The van der Waals surface area contributed by atoms with Gasteiger partial charge in [0.2, 0.25) is 0 Å². The fourth-order valence-electron chi connectivity index (χ4n) is 1.50. The average Bonchev–Trinajstić information content (AvgIpc) is 3.02. The zero-order valence-electron chi connectivity index (χ0n) is 10.5. The van der Waals surface area contributed by atoms with Crippen molar-refractivity contribution in [1.82, 2.24) is 15.1 Å². The number of thiophene rings is 1. The van der Waals surface area contributed by atoms with Crippen molar-refractivity contribution in [1.29, 1.82) is 0 Å². The van der Waals surface area contributed by atoms with Crippen LogP contribution in [-0.4, -0.2) is 22.2 Å². The Kier molecular flexibility index (Phi) is 4.34. The maximum absolute atomic E-state index is 11.8. The van der Waals surface area contributed by atoms with Crippen molar-refractivity contribution in [2.45, 2.75) is 6.54 Å². The topological polar surface area (TPSA) is 72.9 Å². The van der Waals surface area contributed by atoms with E-state index in [1.165, 1.54) is 0 Å². The number of aromatic nitrogens is 2. The van der Waals surface area contributed by atoms with Crippen LogP contribution in [0.4, 0.5) is 0 Å². The lowest BCUT2D eigenvalue weighted by molar-refractivity contribution is 0.0951. The minimum absolute atomic E-state index is 0.129. The number of nitrogens with one attached hydrogen (secondary N) is 1. The number of carbonyl (C=O) groups excluding carboxylic acids is 1. The summed E-state index contributed by atoms with van der Waals surface area (Å²) in [5.74, 6) is 5.63. The molecule has 0 spiro atoms. The van der Waals surface area contributed by atoms with E-state index in [0.29, 0.717) is 18.7 Å². The van der Waals surface area contributed by atoms with Gasteiger partial charge in [-0.2, -0.15) is 5.10 Å². The van der Waals surface area contributed by atoms with Gasteiger partial charge < -0.3 is 11.1 Å². The first-order chi connectivity index (χ1) is 9.19. The minimum Gasteiger partial charge on any atom is -0.347 e. The first-order valence-electron chi connectivity index (χ1n) is 5.72. The molecule has 98 valence electrons. The van der Waals surface area contributed by atoms with Crippen LogP contribution in [0.15, 0.2) is 23.8 Å². The van der Waals surface area contributed by atoms with Crippen molar-refractivity contribution in [2.24, 2.45) is 12.8 Å². The molecule has 19 heavy (non-hydrogen) atoms. The summed E-state index contributed by atoms with van der Waals surface area (Å²) in [6.45, 7) is 0.839. The lowest BCUT2D eigenvalue weighted by Crippen LogP contribution is -2.21. The van der Waals surface area contributed by atoms with Crippen LogP contribution in [0, 0.1) is 11.8 Å². The molecule has 5 nitrogen and oxygen atoms in total. The Morgan fingerprint density at radius 3 is 3.16 bits per heavy atom. The fraction of sp³-hybridized carbons (Fsp3) is 0.231. The predicted molar refractivity (Wildman–Crippen MR) is 74.6 cm³/mol. The molecule has 0 saturated carbocycles. The maximum Gasteiger partial charge on any atom is 0.254 e. The largest absolute Gasteiger partial charge is 0.347 e. The van der Waals surface area contributed by atoms with Gasteiger partial charge in [0, 0.05) is 29.1 Å². The van der Waals surface area contributed by atoms with Gasteiger partial charge in [0.15, 0.2) is 0 Å². The molecule has 2 heterocycles. The van der Waals surface area contributed by atoms with Gasteiger partial charge in [0.25, 0.3) is 5.91 Å². The van der Waals surface area contributed by atoms with Crippen LogP contribution in [0.5, 0.6) is 0 Å². The lowest BCUT2D eigenvalue weighted by atomic mass is 10.3. The summed E-state index contributed by atoms with van der Waals surface area (Å²) < 4.78 is 1.60. The second kappa shape index (κ2) is 6.18. The van der Waals surface area contributed by atoms with Crippen LogP contribution in [0.1, 0.15) is 20.8 Å². The van der Waals surface area contributed by atoms with Crippen molar-refractivity contribution in [3.63, 3.8) is 0 Å². The van der Waals surface area contributed by atoms with E-state index in [0.717, 1.165) is 10.4 Å². The normalized spacial score (nSPS) is 9.79. The summed E-state index contributed by atoms with van der Waals surface area (Å²) in [5.41, 5.74) is 6.80. The molecule has 0 unspecified atom stereocenters. The molecule has 1 amide bonds. The molecule has 2 rings (SSSR count). The monoisotopic (exact) mass is 274 g/mol. The standard InChI is InChI=1S/C13H14N4OS/c1-17-8-11(6-16-17)13(18)15-7-12-5-10(9-19-12)3-2-4-14/h5-6,8-9H,4,7,14H2,1H3,(H,15,18). The quantitative estimate of drug-likeness (QED) is 0.810. The van der Waals surface area contributed by atoms with E-state index in [1.807, 2.05) is 11.4 Å². The van der Waals surface area contributed by atoms with Gasteiger partial charge in [-0.05, 0) is 6.07 Å². The third-order valence-electron chi connectivity index (χ3n) is 2.38. The van der Waals surface area contributed by atoms with Crippen molar-refractivity contribution in [3.05, 3.63) is 39.8 Å². The fourth-order valence-corrected chi connectivity index (χ4v) is 2.26. The first-order valence-corrected chi connectivity index (χ1v) is 6.60. The average molecular weight is 274 g/mol. The van der Waals surface area contributed by atoms with E-state index in [1.54, 1.807) is 35.5 Å². The molecule has 6 heteroatoms. The zero-order chi connectivity index (χ0) is 13.7. The predicted octanol–water partition coefficient (Wildman–Crippen LogP) is 0.722. The van der Waals surface area contributed by atoms with E-state index < -0.39 is 0 Å². The number of amides is 1. The van der Waals surface area contributed by atoms with Gasteiger partial charge in [-0.1, -0.05) is 11.8 Å². The Morgan fingerprint density at radius 2 is 2.47 bits per heavy atom. The SMILES string of the molecule is Cn1cc(C(=O)NCc2cc(C#CCN)cs2)cn1. The molecule has 2 aromatic heterocycles. The minimum atomic E-state index is -0.129. The Balaban J connectivity index is 1.92. The number of carbonyl (C=O) groups is 1. The molecule has 0 aliphatic carbocycles. The summed E-state index contributed by atoms with van der Waals surface area (Å²) in [5, 5.41) is 8.75. The summed E-state index contributed by atoms with van der Waals surface area (Å²) in [7, 11) is 1.78. The molecule has 0 aliphatic rings. The number of rotatable bonds is 3. The van der Waals surface area contributed by atoms with Crippen LogP contribution in [0.25, 0.3) is 0 Å². The Bertz CT molecular complexity index is 632. The van der Waals surface area contributed by atoms with Crippen LogP contribution in [-0.2, 0) is 13.6 Å². The molecular formula is C13H14N4OS. The number of nitrogens with two attached hydrogens (primary N) is 1. The number of nitrogens with zero attached hydrogens (tertiary/aromatic N) is 2. The van der Waals surface area contributed by atoms with E-state index in [2.05, 4.69) is 22.3 Å². The van der Waals surface area contributed by atoms with E-state index >= 15 is 0 Å². The van der Waals surface area contributed by atoms with E-state index in [9.17, 15) is 4.79 Å². The van der Waals surface area contributed by atoms with Gasteiger partial charge in [-0.25, -0.2) is 0 Å². The second-order valence-electron chi connectivity index (χ2n) is 3.89. The van der Waals surface area contributed by atoms with Crippen molar-refractivity contribution < 1.29 is 4.79 Å². The highest BCUT2D eigenvalue weighted by Gasteiger charge is 2.07. The molecule has 0 atom stereocenters. The molecule has 0 fully saturated rings. The molecule has 0 bridgehead atoms. The third kappa shape index (κ3) is 3.68. The molecule has 3 N–H and O–H groups in total. The van der Waals surface area contributed by atoms with Crippen LogP contribution in [0.3, 0.4) is 0 Å². The molecular weight excluding hydrogens is 260 g/mol. The van der Waals surface area contributed by atoms with E-state index in [4.69, 9.17) is 5.73 Å². The lowest BCUT2D eigenvalue weighted by Gasteiger charge is -2.00. The molecule has 0 aliphatic heterocycles. The second-order valence-corrected chi connectivity index (χ2v) is 4.89. The number of hydrogen-bond donors (Lipinski definition) is 2. The van der Waals surface area contributed by atoms with Crippen LogP contribution >= 0.6 is 11.3 Å². The van der Waals surface area contributed by atoms with Gasteiger partial charge in [-0.15, -0.1) is 11.3 Å². The maximum atomic E-state index is 11.8. The summed E-state index contributed by atoms with van der Waals surface area (Å²) in [4.78, 5) is 12.9. The molecule has 0 aromatic carbocycles. The highest BCUT2D eigenvalue weighted by atomic mass is 32.1. The Hall–Kier alpha value is -2.10. The Labute approximate surface area is 115 Å². The van der Waals surface area contributed by atoms with Crippen LogP contribution in [0.2, 0.25) is 0 Å². The van der Waals surface area contributed by atoms with E-state index in [-0.39, 0.29) is 5.91 Å². The highest BCUT2D eigenvalue weighted by molar-refractivity contribution is 7.10. The summed E-state index contributed by atoms with van der Waals surface area (Å²) in [6.07, 6.45) is 3.23. The zero-order valence-corrected chi connectivity index (χ0v) is 11.3. The van der Waals surface area contributed by atoms with Gasteiger partial charge in [0.1, 0.15) is 0 Å². The molecule has 2 aromatic rings. The Morgan fingerprint density at radius 1 is 1.63 bits per heavy atom. The smallest absolute Gasteiger partial charge is 0.254 e. The first kappa shape index (κ1) is 13.3. The summed E-state index contributed by atoms with van der Waals surface area (Å²) in [6, 6.07) is 1.96. The third-order valence-corrected chi connectivity index (χ3v) is 3.32. The van der Waals surface area contributed by atoms with Gasteiger partial charge in [0.05, 0.1) is 24.8 Å². The number of hydrogen-bond acceptors (Lipinski definition) is 4.